The van der Waals surface area contributed by atoms with Crippen LogP contribution in [0.15, 0.2) is 37.1 Å². The van der Waals surface area contributed by atoms with Crippen molar-refractivity contribution in [3.63, 3.8) is 0 Å². The smallest absolute Gasteiger partial charge is 0.335 e. The van der Waals surface area contributed by atoms with E-state index in [4.69, 9.17) is 9.84 Å². The summed E-state index contributed by atoms with van der Waals surface area (Å²) in [5.74, 6) is -1.67. The molecule has 1 aromatic rings. The molecule has 1 atom stereocenters. The predicted molar refractivity (Wildman–Crippen MR) is 127 cm³/mol. The highest BCUT2D eigenvalue weighted by molar-refractivity contribution is 5.88. The van der Waals surface area contributed by atoms with Crippen LogP contribution in [0, 0.1) is 0 Å². The van der Waals surface area contributed by atoms with E-state index in [1.54, 1.807) is 12.1 Å². The molecule has 1 N–H and O–H groups in total. The quantitative estimate of drug-likeness (QED) is 0.137. The molecule has 0 saturated carbocycles. The van der Waals surface area contributed by atoms with E-state index >= 15 is 0 Å². The fourth-order valence-corrected chi connectivity index (χ4v) is 3.99. The molecule has 0 aliphatic rings. The van der Waals surface area contributed by atoms with Gasteiger partial charge in [0.15, 0.2) is 0 Å². The third-order valence-electron chi connectivity index (χ3n) is 5.89. The number of hydrogen-bond acceptors (Lipinski definition) is 3. The summed E-state index contributed by atoms with van der Waals surface area (Å²) < 4.78 is 5.01. The molecule has 0 heterocycles. The van der Waals surface area contributed by atoms with E-state index in [1.165, 1.54) is 89.2 Å². The Kier molecular flexibility index (Phi) is 15.3. The lowest BCUT2D eigenvalue weighted by atomic mass is 9.92. The summed E-state index contributed by atoms with van der Waals surface area (Å²) in [6.45, 7) is 5.73. The van der Waals surface area contributed by atoms with Gasteiger partial charge in [-0.05, 0) is 24.1 Å². The molecule has 0 saturated heterocycles. The Bertz CT molecular complexity index is 621. The molecule has 0 spiro atoms. The number of carboxylic acids is 1. The van der Waals surface area contributed by atoms with E-state index in [0.717, 1.165) is 24.7 Å². The van der Waals surface area contributed by atoms with E-state index in [2.05, 4.69) is 13.5 Å². The first kappa shape index (κ1) is 26.9. The molecule has 174 valence electrons. The van der Waals surface area contributed by atoms with Gasteiger partial charge in [0.25, 0.3) is 0 Å². The average Bonchev–Trinajstić information content (AvgIpc) is 2.76. The second-order valence-electron chi connectivity index (χ2n) is 8.47. The Morgan fingerprint density at radius 3 is 1.71 bits per heavy atom. The molecule has 0 bridgehead atoms. The Morgan fingerprint density at radius 2 is 1.29 bits per heavy atom. The fourth-order valence-electron chi connectivity index (χ4n) is 3.99. The number of ether oxygens (including phenoxy) is 1. The van der Waals surface area contributed by atoms with Crippen LogP contribution in [0.1, 0.15) is 125 Å². The molecule has 0 fully saturated rings. The predicted octanol–water partition coefficient (Wildman–Crippen LogP) is 8.03. The second-order valence-corrected chi connectivity index (χ2v) is 8.47. The van der Waals surface area contributed by atoms with Gasteiger partial charge in [-0.3, -0.25) is 4.79 Å². The van der Waals surface area contributed by atoms with Gasteiger partial charge >= 0.3 is 11.9 Å². The number of esters is 1. The van der Waals surface area contributed by atoms with E-state index in [-0.39, 0.29) is 17.5 Å². The van der Waals surface area contributed by atoms with Crippen LogP contribution < -0.4 is 0 Å². The standard InChI is InChI=1S/C27H42O4/c1-3-5-6-7-8-9-10-11-12-13-14-15-16-17-18-25(27(30)31-4-2)23-19-21-24(22-20-23)26(28)29/h4,19-22,25H,2-3,5-18H2,1H3,(H,28,29). The highest BCUT2D eigenvalue weighted by Gasteiger charge is 2.21. The van der Waals surface area contributed by atoms with Gasteiger partial charge in [-0.2, -0.15) is 0 Å². The average molecular weight is 431 g/mol. The van der Waals surface area contributed by atoms with E-state index in [9.17, 15) is 9.59 Å². The monoisotopic (exact) mass is 430 g/mol. The lowest BCUT2D eigenvalue weighted by Gasteiger charge is -2.15. The Hall–Kier alpha value is -2.10. The Balaban J connectivity index is 2.19. The first-order valence-electron chi connectivity index (χ1n) is 12.2. The van der Waals surface area contributed by atoms with Crippen LogP contribution in [0.25, 0.3) is 0 Å². The number of carbonyl (C=O) groups is 2. The summed E-state index contributed by atoms with van der Waals surface area (Å²) in [7, 11) is 0. The number of unbranched alkanes of at least 4 members (excludes halogenated alkanes) is 13. The van der Waals surface area contributed by atoms with Gasteiger partial charge in [-0.15, -0.1) is 0 Å². The van der Waals surface area contributed by atoms with Gasteiger partial charge in [0.1, 0.15) is 0 Å². The zero-order valence-electron chi connectivity index (χ0n) is 19.4. The van der Waals surface area contributed by atoms with Crippen molar-refractivity contribution >= 4 is 11.9 Å². The third kappa shape index (κ3) is 12.4. The lowest BCUT2D eigenvalue weighted by molar-refractivity contribution is -0.140. The minimum absolute atomic E-state index is 0.219. The SMILES string of the molecule is C=COC(=O)C(CCCCCCCCCCCCCCCC)c1ccc(C(=O)O)cc1. The van der Waals surface area contributed by atoms with Gasteiger partial charge in [-0.25, -0.2) is 4.79 Å². The van der Waals surface area contributed by atoms with Gasteiger partial charge in [-0.1, -0.05) is 116 Å². The summed E-state index contributed by atoms with van der Waals surface area (Å²) in [5.41, 5.74) is 1.02. The highest BCUT2D eigenvalue weighted by atomic mass is 16.5. The van der Waals surface area contributed by atoms with Crippen LogP contribution in [-0.2, 0) is 9.53 Å². The number of rotatable bonds is 19. The summed E-state index contributed by atoms with van der Waals surface area (Å²) in [6, 6.07) is 6.50. The molecular weight excluding hydrogens is 388 g/mol. The molecule has 0 amide bonds. The maximum absolute atomic E-state index is 12.3. The van der Waals surface area contributed by atoms with Gasteiger partial charge in [0, 0.05) is 0 Å². The van der Waals surface area contributed by atoms with Crippen molar-refractivity contribution in [2.75, 3.05) is 0 Å². The fraction of sp³-hybridized carbons (Fsp3) is 0.630. The highest BCUT2D eigenvalue weighted by Crippen LogP contribution is 2.25. The van der Waals surface area contributed by atoms with E-state index < -0.39 is 5.97 Å². The van der Waals surface area contributed by atoms with Crippen LogP contribution >= 0.6 is 0 Å². The Labute approximate surface area is 189 Å². The topological polar surface area (TPSA) is 63.6 Å². The second kappa shape index (κ2) is 17.6. The molecule has 1 rings (SSSR count). The van der Waals surface area contributed by atoms with Gasteiger partial charge < -0.3 is 9.84 Å². The lowest BCUT2D eigenvalue weighted by Crippen LogP contribution is -2.14. The normalized spacial score (nSPS) is 11.8. The van der Waals surface area contributed by atoms with Crippen molar-refractivity contribution in [3.8, 4) is 0 Å². The minimum Gasteiger partial charge on any atom is -0.478 e. The van der Waals surface area contributed by atoms with Crippen molar-refractivity contribution in [3.05, 3.63) is 48.2 Å². The van der Waals surface area contributed by atoms with Crippen molar-refractivity contribution in [2.45, 2.75) is 109 Å². The van der Waals surface area contributed by atoms with Crippen LogP contribution in [-0.4, -0.2) is 17.0 Å². The van der Waals surface area contributed by atoms with Gasteiger partial charge in [0.2, 0.25) is 0 Å². The van der Waals surface area contributed by atoms with Crippen molar-refractivity contribution < 1.29 is 19.4 Å². The molecule has 0 aromatic heterocycles. The van der Waals surface area contributed by atoms with E-state index in [0.29, 0.717) is 6.42 Å². The number of carboxylic acid groups (broad SMARTS) is 1. The zero-order valence-corrected chi connectivity index (χ0v) is 19.4. The van der Waals surface area contributed by atoms with Gasteiger partial charge in [0.05, 0.1) is 17.7 Å². The first-order chi connectivity index (χ1) is 15.1. The Morgan fingerprint density at radius 1 is 0.839 bits per heavy atom. The maximum atomic E-state index is 12.3. The molecule has 0 aliphatic heterocycles. The van der Waals surface area contributed by atoms with Crippen LogP contribution in [0.4, 0.5) is 0 Å². The maximum Gasteiger partial charge on any atom is 0.335 e. The molecule has 1 unspecified atom stereocenters. The van der Waals surface area contributed by atoms with Crippen LogP contribution in [0.3, 0.4) is 0 Å². The number of hydrogen-bond donors (Lipinski definition) is 1. The largest absolute Gasteiger partial charge is 0.478 e. The summed E-state index contributed by atoms with van der Waals surface area (Å²) in [4.78, 5) is 23.4. The minimum atomic E-state index is -0.969. The molecule has 31 heavy (non-hydrogen) atoms. The molecule has 4 nitrogen and oxygen atoms in total. The number of carbonyl (C=O) groups excluding carboxylic acids is 1. The van der Waals surface area contributed by atoms with Crippen molar-refractivity contribution in [1.82, 2.24) is 0 Å². The zero-order chi connectivity index (χ0) is 22.7. The summed E-state index contributed by atoms with van der Waals surface area (Å²) in [6.07, 6.45) is 20.0. The molecule has 0 aliphatic carbocycles. The molecular formula is C27H42O4. The molecule has 0 radical (unpaired) electrons. The third-order valence-corrected chi connectivity index (χ3v) is 5.89. The van der Waals surface area contributed by atoms with Crippen molar-refractivity contribution in [1.29, 1.82) is 0 Å². The summed E-state index contributed by atoms with van der Waals surface area (Å²) >= 11 is 0. The van der Waals surface area contributed by atoms with Crippen LogP contribution in [0.5, 0.6) is 0 Å². The molecule has 4 heteroatoms. The van der Waals surface area contributed by atoms with E-state index in [1.807, 2.05) is 0 Å². The van der Waals surface area contributed by atoms with Crippen LogP contribution in [0.2, 0.25) is 0 Å². The van der Waals surface area contributed by atoms with Crippen molar-refractivity contribution in [2.24, 2.45) is 0 Å². The number of aromatic carboxylic acids is 1. The first-order valence-corrected chi connectivity index (χ1v) is 12.2. The summed E-state index contributed by atoms with van der Waals surface area (Å²) in [5, 5.41) is 9.05. The molecule has 1 aromatic carbocycles. The number of benzene rings is 1.